The summed E-state index contributed by atoms with van der Waals surface area (Å²) in [4.78, 5) is 2.99. The number of nitriles is 1. The fraction of sp³-hybridized carbons (Fsp3) is 0.346. The molecule has 0 saturated carbocycles. The first-order valence-corrected chi connectivity index (χ1v) is 10.8. The molecule has 0 aromatic heterocycles. The lowest BCUT2D eigenvalue weighted by molar-refractivity contribution is 0.401. The van der Waals surface area contributed by atoms with Gasteiger partial charge in [-0.15, -0.1) is 12.6 Å². The summed E-state index contributed by atoms with van der Waals surface area (Å²) in [5.74, 6) is -0.204. The summed E-state index contributed by atoms with van der Waals surface area (Å²) in [7, 11) is 1.50. The molecular formula is C26H38FN3S. The molecule has 0 spiro atoms. The van der Waals surface area contributed by atoms with Crippen molar-refractivity contribution < 1.29 is 4.39 Å². The lowest BCUT2D eigenvalue weighted by atomic mass is 10.0. The number of halogens is 1. The number of rotatable bonds is 5. The van der Waals surface area contributed by atoms with E-state index in [1.54, 1.807) is 24.4 Å². The Balaban J connectivity index is 0. The van der Waals surface area contributed by atoms with E-state index in [1.165, 1.54) is 32.0 Å². The third kappa shape index (κ3) is 13.4. The third-order valence-corrected chi connectivity index (χ3v) is 4.67. The molecule has 0 atom stereocenters. The van der Waals surface area contributed by atoms with Crippen LogP contribution in [0.25, 0.3) is 6.08 Å². The standard InChI is InChI=1S/C11H11F.C10H12N2S.C4H10.CH5N/c1-3-4-5-10-8-11(12)7-6-9(10)2;1-3-12-5-4-9(8(2)6-11)10(13)7-12;1-3-4-2;1-2/h3-8H,1H2,2H3;3,13H,1-2,4-5,7H2;3-4H2,1-2H3;2H2,1H3/b5-4+;;;. The third-order valence-electron chi connectivity index (χ3n) is 4.26. The molecule has 1 aromatic rings. The predicted octanol–water partition coefficient (Wildman–Crippen LogP) is 6.81. The molecule has 1 aliphatic heterocycles. The maximum atomic E-state index is 12.7. The minimum absolute atomic E-state index is 0.204. The van der Waals surface area contributed by atoms with Crippen LogP contribution in [0.1, 0.15) is 44.2 Å². The highest BCUT2D eigenvalue weighted by Gasteiger charge is 2.15. The Morgan fingerprint density at radius 3 is 2.35 bits per heavy atom. The van der Waals surface area contributed by atoms with Gasteiger partial charge in [-0.2, -0.15) is 5.26 Å². The summed E-state index contributed by atoms with van der Waals surface area (Å²) in [6, 6.07) is 6.78. The lowest BCUT2D eigenvalue weighted by Gasteiger charge is -2.27. The van der Waals surface area contributed by atoms with Crippen molar-refractivity contribution >= 4 is 18.7 Å². The van der Waals surface area contributed by atoms with Gasteiger partial charge in [0.05, 0.1) is 6.07 Å². The molecule has 31 heavy (non-hydrogen) atoms. The number of benzene rings is 1. The van der Waals surface area contributed by atoms with Gasteiger partial charge in [0.25, 0.3) is 0 Å². The second-order valence-corrected chi connectivity index (χ2v) is 7.05. The molecular weight excluding hydrogens is 405 g/mol. The fourth-order valence-electron chi connectivity index (χ4n) is 2.28. The SMILES string of the molecule is C=C/C=C/c1cc(F)ccc1C.C=CN1CCC(C(=C)C#N)=C(S)C1.CCCC.CN. The number of allylic oxidation sites excluding steroid dienone is 3. The molecule has 2 rings (SSSR count). The molecule has 1 aliphatic rings. The average Bonchev–Trinajstić information content (AvgIpc) is 2.80. The van der Waals surface area contributed by atoms with Gasteiger partial charge in [0.15, 0.2) is 0 Å². The van der Waals surface area contributed by atoms with Crippen LogP contribution in [0.3, 0.4) is 0 Å². The van der Waals surface area contributed by atoms with Gasteiger partial charge in [0.2, 0.25) is 0 Å². The summed E-state index contributed by atoms with van der Waals surface area (Å²) >= 11 is 4.34. The van der Waals surface area contributed by atoms with E-state index in [0.717, 1.165) is 41.1 Å². The lowest BCUT2D eigenvalue weighted by Crippen LogP contribution is -2.25. The summed E-state index contributed by atoms with van der Waals surface area (Å²) in [5.41, 5.74) is 7.99. The van der Waals surface area contributed by atoms with Gasteiger partial charge in [0.1, 0.15) is 5.82 Å². The molecule has 0 unspecified atom stereocenters. The summed E-state index contributed by atoms with van der Waals surface area (Å²) in [5, 5.41) is 8.68. The van der Waals surface area contributed by atoms with Gasteiger partial charge in [0, 0.05) is 23.6 Å². The van der Waals surface area contributed by atoms with Gasteiger partial charge in [-0.05, 0) is 55.4 Å². The average molecular weight is 444 g/mol. The molecule has 1 heterocycles. The number of unbranched alkanes of at least 4 members (excludes halogenated alkanes) is 1. The zero-order valence-electron chi connectivity index (χ0n) is 19.5. The number of hydrogen-bond donors (Lipinski definition) is 2. The van der Waals surface area contributed by atoms with Crippen molar-refractivity contribution in [2.24, 2.45) is 5.73 Å². The zero-order valence-corrected chi connectivity index (χ0v) is 20.4. The maximum Gasteiger partial charge on any atom is 0.123 e. The molecule has 170 valence electrons. The Labute approximate surface area is 194 Å². The van der Waals surface area contributed by atoms with E-state index in [1.807, 2.05) is 13.0 Å². The van der Waals surface area contributed by atoms with Crippen LogP contribution < -0.4 is 5.73 Å². The van der Waals surface area contributed by atoms with E-state index in [4.69, 9.17) is 5.26 Å². The second kappa shape index (κ2) is 19.4. The van der Waals surface area contributed by atoms with Gasteiger partial charge in [-0.25, -0.2) is 4.39 Å². The zero-order chi connectivity index (χ0) is 24.2. The molecule has 0 fully saturated rings. The van der Waals surface area contributed by atoms with Crippen LogP contribution in [-0.2, 0) is 0 Å². The minimum Gasteiger partial charge on any atom is -0.373 e. The van der Waals surface area contributed by atoms with Crippen LogP contribution >= 0.6 is 12.6 Å². The molecule has 0 radical (unpaired) electrons. The molecule has 3 nitrogen and oxygen atoms in total. The van der Waals surface area contributed by atoms with E-state index >= 15 is 0 Å². The van der Waals surface area contributed by atoms with Crippen LogP contribution in [0.4, 0.5) is 4.39 Å². The highest BCUT2D eigenvalue weighted by molar-refractivity contribution is 7.84. The number of aryl methyl sites for hydroxylation is 1. The number of nitrogens with zero attached hydrogens (tertiary/aromatic N) is 2. The van der Waals surface area contributed by atoms with E-state index in [9.17, 15) is 4.39 Å². The minimum atomic E-state index is -0.204. The molecule has 2 N–H and O–H groups in total. The van der Waals surface area contributed by atoms with Crippen LogP contribution in [0.5, 0.6) is 0 Å². The van der Waals surface area contributed by atoms with Crippen molar-refractivity contribution in [1.29, 1.82) is 5.26 Å². The predicted molar refractivity (Wildman–Crippen MR) is 138 cm³/mol. The highest BCUT2D eigenvalue weighted by Crippen LogP contribution is 2.25. The fourth-order valence-corrected chi connectivity index (χ4v) is 2.71. The Hall–Kier alpha value is -2.55. The van der Waals surface area contributed by atoms with Crippen molar-refractivity contribution in [1.82, 2.24) is 4.90 Å². The highest BCUT2D eigenvalue weighted by atomic mass is 32.1. The number of nitrogens with two attached hydrogens (primary N) is 1. The van der Waals surface area contributed by atoms with E-state index in [2.05, 4.69) is 62.9 Å². The van der Waals surface area contributed by atoms with Gasteiger partial charge < -0.3 is 10.6 Å². The van der Waals surface area contributed by atoms with Crippen LogP contribution in [0, 0.1) is 24.1 Å². The quantitative estimate of drug-likeness (QED) is 0.298. The molecule has 0 amide bonds. The first-order valence-electron chi connectivity index (χ1n) is 10.3. The maximum absolute atomic E-state index is 12.7. The summed E-state index contributed by atoms with van der Waals surface area (Å²) < 4.78 is 12.7. The number of hydrogen-bond acceptors (Lipinski definition) is 4. The van der Waals surface area contributed by atoms with Crippen molar-refractivity contribution in [3.8, 4) is 6.07 Å². The molecule has 5 heteroatoms. The van der Waals surface area contributed by atoms with Crippen LogP contribution in [0.2, 0.25) is 0 Å². The van der Waals surface area contributed by atoms with Gasteiger partial charge in [-0.1, -0.05) is 70.7 Å². The van der Waals surface area contributed by atoms with E-state index in [-0.39, 0.29) is 5.82 Å². The smallest absolute Gasteiger partial charge is 0.123 e. The van der Waals surface area contributed by atoms with Gasteiger partial charge in [-0.3, -0.25) is 0 Å². The van der Waals surface area contributed by atoms with Crippen molar-refractivity contribution in [3.05, 3.63) is 89.3 Å². The van der Waals surface area contributed by atoms with Crippen LogP contribution in [-0.4, -0.2) is 25.0 Å². The molecule has 0 bridgehead atoms. The Kier molecular flexibility index (Phi) is 19.2. The topological polar surface area (TPSA) is 53.0 Å². The van der Waals surface area contributed by atoms with E-state index in [0.29, 0.717) is 5.57 Å². The largest absolute Gasteiger partial charge is 0.373 e. The first-order chi connectivity index (χ1) is 14.8. The number of thiol groups is 1. The first kappa shape index (κ1) is 30.6. The molecule has 1 aromatic carbocycles. The Bertz CT molecular complexity index is 786. The van der Waals surface area contributed by atoms with Crippen molar-refractivity contribution in [2.75, 3.05) is 20.1 Å². The second-order valence-electron chi connectivity index (χ2n) is 6.51. The van der Waals surface area contributed by atoms with Crippen molar-refractivity contribution in [3.63, 3.8) is 0 Å². The van der Waals surface area contributed by atoms with E-state index < -0.39 is 0 Å². The van der Waals surface area contributed by atoms with Crippen molar-refractivity contribution in [2.45, 2.75) is 40.0 Å². The normalized spacial score (nSPS) is 12.3. The van der Waals surface area contributed by atoms with Gasteiger partial charge >= 0.3 is 0 Å². The summed E-state index contributed by atoms with van der Waals surface area (Å²) in [6.07, 6.45) is 10.6. The molecule has 0 aliphatic carbocycles. The monoisotopic (exact) mass is 443 g/mol. The Morgan fingerprint density at radius 2 is 1.90 bits per heavy atom. The molecule has 0 saturated heterocycles. The summed E-state index contributed by atoms with van der Waals surface area (Å²) in [6.45, 7) is 18.9. The Morgan fingerprint density at radius 1 is 1.29 bits per heavy atom. The van der Waals surface area contributed by atoms with Crippen LogP contribution in [0.15, 0.2) is 72.3 Å².